The van der Waals surface area contributed by atoms with Gasteiger partial charge in [-0.2, -0.15) is 0 Å². The van der Waals surface area contributed by atoms with Crippen LogP contribution in [0.5, 0.6) is 0 Å². The molecule has 3 N–H and O–H groups in total. The molecule has 0 bridgehead atoms. The molecule has 30 heavy (non-hydrogen) atoms. The van der Waals surface area contributed by atoms with Crippen molar-refractivity contribution >= 4 is 34.0 Å². The Hall–Kier alpha value is -2.80. The van der Waals surface area contributed by atoms with Gasteiger partial charge in [-0.15, -0.1) is 0 Å². The van der Waals surface area contributed by atoms with Gasteiger partial charge >= 0.3 is 5.69 Å². The molecule has 0 fully saturated rings. The molecule has 0 unspecified atom stereocenters. The standard InChI is InChI=1S/C22H28ClN5O2/c1-13(2)10-27(12-16-17(23)8-7-15-6-5-9-25-18(15)16)19-20(24)28(11-14(3)4)22(30)26-21(19)29/h5-9,13-14H,10-12,24H2,1-4H3,(H,26,29,30). The molecule has 0 radical (unpaired) electrons. The Morgan fingerprint density at radius 3 is 2.57 bits per heavy atom. The van der Waals surface area contributed by atoms with E-state index in [9.17, 15) is 9.59 Å². The van der Waals surface area contributed by atoms with Crippen LogP contribution in [0.4, 0.5) is 11.5 Å². The van der Waals surface area contributed by atoms with E-state index < -0.39 is 11.2 Å². The summed E-state index contributed by atoms with van der Waals surface area (Å²) in [5.74, 6) is 0.609. The SMILES string of the molecule is CC(C)CN(Cc1c(Cl)ccc2cccnc12)c1c(N)n(CC(C)C)c(=O)[nH]c1=O. The summed E-state index contributed by atoms with van der Waals surface area (Å²) in [4.78, 5) is 34.0. The third-order valence-electron chi connectivity index (χ3n) is 4.83. The van der Waals surface area contributed by atoms with Crippen molar-refractivity contribution in [2.75, 3.05) is 17.2 Å². The van der Waals surface area contributed by atoms with Crippen molar-refractivity contribution in [2.45, 2.75) is 40.8 Å². The molecule has 0 spiro atoms. The molecule has 3 rings (SSSR count). The molecule has 160 valence electrons. The molecule has 0 atom stereocenters. The summed E-state index contributed by atoms with van der Waals surface area (Å²) in [6, 6.07) is 7.60. The molecular weight excluding hydrogens is 402 g/mol. The molecule has 0 saturated carbocycles. The van der Waals surface area contributed by atoms with E-state index in [0.717, 1.165) is 16.5 Å². The summed E-state index contributed by atoms with van der Waals surface area (Å²) < 4.78 is 1.43. The molecule has 0 aliphatic carbocycles. The number of H-pyrrole nitrogens is 1. The van der Waals surface area contributed by atoms with Gasteiger partial charge in [-0.1, -0.05) is 51.4 Å². The van der Waals surface area contributed by atoms with Crippen LogP contribution >= 0.6 is 11.6 Å². The number of hydrogen-bond donors (Lipinski definition) is 2. The number of nitrogens with one attached hydrogen (secondary N) is 1. The first-order valence-corrected chi connectivity index (χ1v) is 10.5. The fraction of sp³-hybridized carbons (Fsp3) is 0.409. The zero-order valence-corrected chi connectivity index (χ0v) is 18.5. The number of halogens is 1. The lowest BCUT2D eigenvalue weighted by atomic mass is 10.1. The Kier molecular flexibility index (Phi) is 6.51. The van der Waals surface area contributed by atoms with E-state index in [1.807, 2.05) is 43.0 Å². The van der Waals surface area contributed by atoms with Crippen molar-refractivity contribution < 1.29 is 0 Å². The number of pyridine rings is 1. The largest absolute Gasteiger partial charge is 0.383 e. The number of anilines is 2. The lowest BCUT2D eigenvalue weighted by Gasteiger charge is -2.28. The number of benzene rings is 1. The first kappa shape index (κ1) is 21.9. The molecular formula is C22H28ClN5O2. The van der Waals surface area contributed by atoms with E-state index in [0.29, 0.717) is 24.7 Å². The number of nitrogens with two attached hydrogens (primary N) is 1. The Bertz CT molecular complexity index is 1170. The maximum absolute atomic E-state index is 12.8. The van der Waals surface area contributed by atoms with Crippen molar-refractivity contribution in [1.29, 1.82) is 0 Å². The van der Waals surface area contributed by atoms with Crippen molar-refractivity contribution in [3.63, 3.8) is 0 Å². The van der Waals surface area contributed by atoms with Crippen LogP contribution in [0.25, 0.3) is 10.9 Å². The number of aromatic amines is 1. The first-order valence-electron chi connectivity index (χ1n) is 10.1. The molecule has 0 amide bonds. The van der Waals surface area contributed by atoms with Crippen LogP contribution in [0.1, 0.15) is 33.3 Å². The molecule has 3 aromatic rings. The molecule has 2 aromatic heterocycles. The van der Waals surface area contributed by atoms with Gasteiger partial charge in [-0.05, 0) is 24.0 Å². The van der Waals surface area contributed by atoms with Gasteiger partial charge in [-0.25, -0.2) is 4.79 Å². The summed E-state index contributed by atoms with van der Waals surface area (Å²) in [6.07, 6.45) is 1.72. The lowest BCUT2D eigenvalue weighted by molar-refractivity contribution is 0.506. The Morgan fingerprint density at radius 2 is 1.90 bits per heavy atom. The van der Waals surface area contributed by atoms with E-state index in [-0.39, 0.29) is 23.3 Å². The number of hydrogen-bond acceptors (Lipinski definition) is 5. The molecule has 0 aliphatic rings. The second-order valence-electron chi connectivity index (χ2n) is 8.37. The van der Waals surface area contributed by atoms with E-state index in [2.05, 4.69) is 23.8 Å². The summed E-state index contributed by atoms with van der Waals surface area (Å²) in [5.41, 5.74) is 7.26. The third-order valence-corrected chi connectivity index (χ3v) is 5.19. The predicted molar refractivity (Wildman–Crippen MR) is 123 cm³/mol. The van der Waals surface area contributed by atoms with Crippen LogP contribution in [-0.2, 0) is 13.1 Å². The van der Waals surface area contributed by atoms with Crippen LogP contribution in [-0.4, -0.2) is 21.1 Å². The van der Waals surface area contributed by atoms with E-state index in [1.165, 1.54) is 4.57 Å². The second kappa shape index (κ2) is 8.92. The highest BCUT2D eigenvalue weighted by Crippen LogP contribution is 2.29. The fourth-order valence-corrected chi connectivity index (χ4v) is 3.84. The van der Waals surface area contributed by atoms with Crippen LogP contribution in [0.15, 0.2) is 40.1 Å². The van der Waals surface area contributed by atoms with Crippen LogP contribution < -0.4 is 21.9 Å². The molecule has 1 aromatic carbocycles. The summed E-state index contributed by atoms with van der Waals surface area (Å²) in [7, 11) is 0. The maximum atomic E-state index is 12.8. The average molecular weight is 430 g/mol. The molecule has 8 heteroatoms. The Morgan fingerprint density at radius 1 is 1.17 bits per heavy atom. The lowest BCUT2D eigenvalue weighted by Crippen LogP contribution is -2.40. The van der Waals surface area contributed by atoms with Crippen molar-refractivity contribution in [1.82, 2.24) is 14.5 Å². The third kappa shape index (κ3) is 4.51. The molecule has 7 nitrogen and oxygen atoms in total. The zero-order valence-electron chi connectivity index (χ0n) is 17.8. The quantitative estimate of drug-likeness (QED) is 0.597. The van der Waals surface area contributed by atoms with Gasteiger partial charge in [-0.3, -0.25) is 19.3 Å². The number of aromatic nitrogens is 3. The number of rotatable bonds is 7. The summed E-state index contributed by atoms with van der Waals surface area (Å²) in [6.45, 7) is 9.43. The Labute approximate surface area is 180 Å². The second-order valence-corrected chi connectivity index (χ2v) is 8.78. The minimum atomic E-state index is -0.498. The van der Waals surface area contributed by atoms with E-state index >= 15 is 0 Å². The minimum absolute atomic E-state index is 0.169. The van der Waals surface area contributed by atoms with Crippen LogP contribution in [0.3, 0.4) is 0 Å². The fourth-order valence-electron chi connectivity index (χ4n) is 3.63. The van der Waals surface area contributed by atoms with Crippen molar-refractivity contribution in [3.05, 3.63) is 61.9 Å². The van der Waals surface area contributed by atoms with E-state index in [1.54, 1.807) is 6.20 Å². The van der Waals surface area contributed by atoms with Crippen molar-refractivity contribution in [2.24, 2.45) is 11.8 Å². The number of fused-ring (bicyclic) bond motifs is 1. The predicted octanol–water partition coefficient (Wildman–Crippen LogP) is 3.64. The van der Waals surface area contributed by atoms with Gasteiger partial charge in [0.05, 0.1) is 5.52 Å². The van der Waals surface area contributed by atoms with Gasteiger partial charge in [0.25, 0.3) is 5.56 Å². The summed E-state index contributed by atoms with van der Waals surface area (Å²) in [5, 5.41) is 1.54. The monoisotopic (exact) mass is 429 g/mol. The van der Waals surface area contributed by atoms with Gasteiger partial charge in [0, 0.05) is 41.8 Å². The van der Waals surface area contributed by atoms with Gasteiger partial charge in [0.2, 0.25) is 0 Å². The van der Waals surface area contributed by atoms with Gasteiger partial charge < -0.3 is 10.6 Å². The normalized spacial score (nSPS) is 11.6. The highest BCUT2D eigenvalue weighted by atomic mass is 35.5. The van der Waals surface area contributed by atoms with E-state index in [4.69, 9.17) is 17.3 Å². The Balaban J connectivity index is 2.17. The highest BCUT2D eigenvalue weighted by molar-refractivity contribution is 6.32. The van der Waals surface area contributed by atoms with Crippen molar-refractivity contribution in [3.8, 4) is 0 Å². The highest BCUT2D eigenvalue weighted by Gasteiger charge is 2.22. The number of nitrogen functional groups attached to an aromatic ring is 1. The zero-order chi connectivity index (χ0) is 22.0. The maximum Gasteiger partial charge on any atom is 0.330 e. The minimum Gasteiger partial charge on any atom is -0.383 e. The van der Waals surface area contributed by atoms with Gasteiger partial charge in [0.1, 0.15) is 11.5 Å². The molecule has 0 saturated heterocycles. The van der Waals surface area contributed by atoms with Crippen LogP contribution in [0, 0.1) is 11.8 Å². The summed E-state index contributed by atoms with van der Waals surface area (Å²) >= 11 is 6.54. The number of nitrogens with zero attached hydrogens (tertiary/aromatic N) is 3. The first-order chi connectivity index (χ1) is 14.2. The topological polar surface area (TPSA) is 97.0 Å². The van der Waals surface area contributed by atoms with Gasteiger partial charge in [0.15, 0.2) is 0 Å². The molecule has 0 aliphatic heterocycles. The average Bonchev–Trinajstić information content (AvgIpc) is 2.66. The smallest absolute Gasteiger partial charge is 0.330 e. The molecule has 2 heterocycles. The van der Waals surface area contributed by atoms with Crippen LogP contribution in [0.2, 0.25) is 5.02 Å².